The van der Waals surface area contributed by atoms with Crippen molar-refractivity contribution in [2.75, 3.05) is 19.7 Å². The summed E-state index contributed by atoms with van der Waals surface area (Å²) in [6.45, 7) is 0.796. The van der Waals surface area contributed by atoms with Crippen molar-refractivity contribution in [2.24, 2.45) is 0 Å². The van der Waals surface area contributed by atoms with E-state index in [9.17, 15) is 18.8 Å². The first-order chi connectivity index (χ1) is 16.0. The Kier molecular flexibility index (Phi) is 5.62. The third-order valence-electron chi connectivity index (χ3n) is 6.63. The number of hydrogen-bond acceptors (Lipinski definition) is 4. The number of hydrogen-bond donors (Lipinski definition) is 1. The van der Waals surface area contributed by atoms with Gasteiger partial charge in [-0.25, -0.2) is 4.39 Å². The summed E-state index contributed by atoms with van der Waals surface area (Å²) in [4.78, 5) is 42.6. The third-order valence-corrected chi connectivity index (χ3v) is 6.63. The number of rotatable bonds is 4. The van der Waals surface area contributed by atoms with Crippen LogP contribution in [0.2, 0.25) is 0 Å². The fourth-order valence-electron chi connectivity index (χ4n) is 4.68. The Morgan fingerprint density at radius 2 is 1.64 bits per heavy atom. The van der Waals surface area contributed by atoms with Crippen LogP contribution >= 0.6 is 0 Å². The lowest BCUT2D eigenvalue weighted by Crippen LogP contribution is -2.60. The van der Waals surface area contributed by atoms with Crippen molar-refractivity contribution in [3.05, 3.63) is 71.5 Å². The van der Waals surface area contributed by atoms with Gasteiger partial charge in [-0.1, -0.05) is 24.3 Å². The molecular formula is C25H26FN3O4. The zero-order valence-electron chi connectivity index (χ0n) is 18.2. The second-order valence-electron chi connectivity index (χ2n) is 8.90. The van der Waals surface area contributed by atoms with Gasteiger partial charge < -0.3 is 15.0 Å². The van der Waals surface area contributed by atoms with Gasteiger partial charge in [0.2, 0.25) is 5.91 Å². The second-order valence-corrected chi connectivity index (χ2v) is 8.90. The molecule has 2 aromatic rings. The highest BCUT2D eigenvalue weighted by Crippen LogP contribution is 2.39. The van der Waals surface area contributed by atoms with Crippen molar-refractivity contribution in [3.63, 3.8) is 0 Å². The zero-order valence-corrected chi connectivity index (χ0v) is 18.2. The zero-order chi connectivity index (χ0) is 23.0. The fraction of sp³-hybridized carbons (Fsp3) is 0.400. The van der Waals surface area contributed by atoms with Gasteiger partial charge in [-0.05, 0) is 43.2 Å². The van der Waals surface area contributed by atoms with Gasteiger partial charge in [-0.2, -0.15) is 0 Å². The molecule has 0 radical (unpaired) electrons. The van der Waals surface area contributed by atoms with E-state index < -0.39 is 17.6 Å². The van der Waals surface area contributed by atoms with E-state index in [1.54, 1.807) is 40.1 Å². The van der Waals surface area contributed by atoms with Crippen LogP contribution < -0.4 is 5.32 Å². The number of ether oxygens (including phenoxy) is 1. The van der Waals surface area contributed by atoms with Crippen LogP contribution in [0.1, 0.15) is 46.4 Å². The van der Waals surface area contributed by atoms with Crippen molar-refractivity contribution < 1.29 is 23.5 Å². The van der Waals surface area contributed by atoms with Crippen LogP contribution in [0.5, 0.6) is 0 Å². The number of amides is 3. The van der Waals surface area contributed by atoms with Crippen molar-refractivity contribution in [1.29, 1.82) is 0 Å². The number of nitrogens with zero attached hydrogens (tertiary/aromatic N) is 2. The van der Waals surface area contributed by atoms with Crippen LogP contribution in [0, 0.1) is 5.82 Å². The van der Waals surface area contributed by atoms with E-state index in [2.05, 4.69) is 5.32 Å². The quantitative estimate of drug-likeness (QED) is 0.775. The molecule has 1 unspecified atom stereocenters. The lowest BCUT2D eigenvalue weighted by Gasteiger charge is -2.44. The van der Waals surface area contributed by atoms with Crippen LogP contribution in [-0.2, 0) is 9.53 Å². The first-order valence-corrected chi connectivity index (χ1v) is 11.3. The Morgan fingerprint density at radius 1 is 0.939 bits per heavy atom. The number of piperidine rings is 1. The normalized spacial score (nSPS) is 21.8. The van der Waals surface area contributed by atoms with Crippen LogP contribution in [0.4, 0.5) is 4.39 Å². The molecule has 3 aliphatic rings. The van der Waals surface area contributed by atoms with Crippen molar-refractivity contribution in [1.82, 2.24) is 15.1 Å². The highest BCUT2D eigenvalue weighted by atomic mass is 19.1. The maximum absolute atomic E-state index is 13.6. The summed E-state index contributed by atoms with van der Waals surface area (Å²) in [5, 5.41) is 3.00. The lowest BCUT2D eigenvalue weighted by atomic mass is 9.96. The van der Waals surface area contributed by atoms with Gasteiger partial charge in [0.15, 0.2) is 0 Å². The molecule has 1 aliphatic carbocycles. The molecule has 1 atom stereocenters. The summed E-state index contributed by atoms with van der Waals surface area (Å²) < 4.78 is 19.7. The summed E-state index contributed by atoms with van der Waals surface area (Å²) >= 11 is 0. The number of halogens is 1. The van der Waals surface area contributed by atoms with E-state index in [4.69, 9.17) is 4.74 Å². The molecule has 1 spiro atoms. The largest absolute Gasteiger partial charge is 0.353 e. The van der Waals surface area contributed by atoms with Gasteiger partial charge in [0.05, 0.1) is 6.61 Å². The maximum atomic E-state index is 13.6. The standard InChI is InChI=1S/C25H26FN3O4/c26-19-8-4-7-18(15-19)23(31)28-13-11-25(12-14-28)29(24(32)17-5-2-1-3-6-17)21(16-33-25)22(30)27-20-9-10-20/h1-8,15,20-21H,9-14,16H2,(H,27,30). The Labute approximate surface area is 191 Å². The van der Waals surface area contributed by atoms with Gasteiger partial charge >= 0.3 is 0 Å². The molecule has 0 bridgehead atoms. The molecule has 3 fully saturated rings. The van der Waals surface area contributed by atoms with Crippen LogP contribution in [0.3, 0.4) is 0 Å². The maximum Gasteiger partial charge on any atom is 0.256 e. The van der Waals surface area contributed by atoms with Gasteiger partial charge in [-0.15, -0.1) is 0 Å². The van der Waals surface area contributed by atoms with E-state index in [0.29, 0.717) is 31.5 Å². The van der Waals surface area contributed by atoms with Gasteiger partial charge in [0, 0.05) is 43.1 Å². The molecular weight excluding hydrogens is 425 g/mol. The molecule has 1 N–H and O–H groups in total. The Bertz CT molecular complexity index is 1060. The molecule has 7 nitrogen and oxygen atoms in total. The molecule has 8 heteroatoms. The molecule has 0 aromatic heterocycles. The SMILES string of the molecule is O=C(NC1CC1)C1COC2(CCN(C(=O)c3cccc(F)c3)CC2)N1C(=O)c1ccccc1. The predicted molar refractivity (Wildman–Crippen MR) is 118 cm³/mol. The summed E-state index contributed by atoms with van der Waals surface area (Å²) in [5.74, 6) is -1.17. The number of benzene rings is 2. The van der Waals surface area contributed by atoms with E-state index in [1.165, 1.54) is 18.2 Å². The van der Waals surface area contributed by atoms with Crippen LogP contribution in [-0.4, -0.2) is 65.0 Å². The summed E-state index contributed by atoms with van der Waals surface area (Å²) in [5.41, 5.74) is -0.181. The molecule has 2 heterocycles. The highest BCUT2D eigenvalue weighted by molar-refractivity contribution is 5.98. The van der Waals surface area contributed by atoms with E-state index in [1.807, 2.05) is 6.07 Å². The lowest BCUT2D eigenvalue weighted by molar-refractivity contribution is -0.128. The molecule has 33 heavy (non-hydrogen) atoms. The minimum Gasteiger partial charge on any atom is -0.353 e. The fourth-order valence-corrected chi connectivity index (χ4v) is 4.68. The summed E-state index contributed by atoms with van der Waals surface area (Å²) in [6.07, 6.45) is 2.65. The second kappa shape index (κ2) is 8.59. The number of nitrogens with one attached hydrogen (secondary N) is 1. The average Bonchev–Trinajstić information content (AvgIpc) is 3.58. The van der Waals surface area contributed by atoms with Gasteiger partial charge in [0.25, 0.3) is 11.8 Å². The molecule has 172 valence electrons. The minimum absolute atomic E-state index is 0.120. The molecule has 5 rings (SSSR count). The minimum atomic E-state index is -0.961. The molecule has 1 saturated carbocycles. The average molecular weight is 451 g/mol. The number of carbonyl (C=O) groups excluding carboxylic acids is 3. The number of likely N-dealkylation sites (tertiary alicyclic amines) is 1. The molecule has 2 aromatic carbocycles. The molecule has 2 aliphatic heterocycles. The van der Waals surface area contributed by atoms with Gasteiger partial charge in [-0.3, -0.25) is 19.3 Å². The van der Waals surface area contributed by atoms with Crippen molar-refractivity contribution in [3.8, 4) is 0 Å². The Hall–Kier alpha value is -3.26. The van der Waals surface area contributed by atoms with Crippen LogP contribution in [0.25, 0.3) is 0 Å². The number of carbonyl (C=O) groups is 3. The Morgan fingerprint density at radius 3 is 2.30 bits per heavy atom. The topological polar surface area (TPSA) is 79.0 Å². The predicted octanol–water partition coefficient (Wildman–Crippen LogP) is 2.58. The van der Waals surface area contributed by atoms with E-state index >= 15 is 0 Å². The first-order valence-electron chi connectivity index (χ1n) is 11.3. The van der Waals surface area contributed by atoms with Crippen LogP contribution in [0.15, 0.2) is 54.6 Å². The summed E-state index contributed by atoms with van der Waals surface area (Å²) in [6, 6.07) is 13.9. The smallest absolute Gasteiger partial charge is 0.256 e. The van der Waals surface area contributed by atoms with Crippen molar-refractivity contribution >= 4 is 17.7 Å². The first kappa shape index (κ1) is 21.6. The third kappa shape index (κ3) is 4.23. The summed E-state index contributed by atoms with van der Waals surface area (Å²) in [7, 11) is 0. The van der Waals surface area contributed by atoms with Crippen molar-refractivity contribution in [2.45, 2.75) is 43.5 Å². The molecule has 3 amide bonds. The monoisotopic (exact) mass is 451 g/mol. The Balaban J connectivity index is 1.37. The van der Waals surface area contributed by atoms with Gasteiger partial charge in [0.1, 0.15) is 17.6 Å². The van der Waals surface area contributed by atoms with E-state index in [0.717, 1.165) is 12.8 Å². The highest BCUT2D eigenvalue weighted by Gasteiger charge is 2.54. The molecule has 2 saturated heterocycles. The van der Waals surface area contributed by atoms with E-state index in [-0.39, 0.29) is 35.9 Å².